The van der Waals surface area contributed by atoms with Crippen LogP contribution in [0.15, 0.2) is 15.9 Å². The largest absolute Gasteiger partial charge is 0.481 e. The van der Waals surface area contributed by atoms with E-state index in [9.17, 15) is 9.59 Å². The molecule has 0 atom stereocenters. The minimum atomic E-state index is -0.834. The summed E-state index contributed by atoms with van der Waals surface area (Å²) in [6.07, 6.45) is 0.565. The predicted octanol–water partition coefficient (Wildman–Crippen LogP) is 2.45. The topological polar surface area (TPSA) is 57.6 Å². The molecule has 0 saturated carbocycles. The first-order valence-electron chi connectivity index (χ1n) is 4.72. The molecule has 0 unspecified atom stereocenters. The fourth-order valence-electron chi connectivity index (χ4n) is 1.18. The molecule has 6 heteroatoms. The fourth-order valence-corrected chi connectivity index (χ4v) is 2.60. The summed E-state index contributed by atoms with van der Waals surface area (Å²) < 4.78 is 0.889. The van der Waals surface area contributed by atoms with E-state index in [0.29, 0.717) is 17.8 Å². The van der Waals surface area contributed by atoms with E-state index in [1.54, 1.807) is 18.0 Å². The average Bonchev–Trinajstić information content (AvgIpc) is 2.63. The van der Waals surface area contributed by atoms with Crippen molar-refractivity contribution in [1.29, 1.82) is 0 Å². The van der Waals surface area contributed by atoms with Gasteiger partial charge in [-0.3, -0.25) is 9.59 Å². The minimum Gasteiger partial charge on any atom is -0.481 e. The Morgan fingerprint density at radius 1 is 1.56 bits per heavy atom. The van der Waals surface area contributed by atoms with Gasteiger partial charge in [0, 0.05) is 29.9 Å². The Labute approximate surface area is 106 Å². The van der Waals surface area contributed by atoms with E-state index in [0.717, 1.165) is 4.47 Å². The summed E-state index contributed by atoms with van der Waals surface area (Å²) in [4.78, 5) is 24.3. The van der Waals surface area contributed by atoms with Gasteiger partial charge in [-0.25, -0.2) is 0 Å². The summed E-state index contributed by atoms with van der Waals surface area (Å²) in [6, 6.07) is 1.76. The Morgan fingerprint density at radius 3 is 2.75 bits per heavy atom. The zero-order valence-electron chi connectivity index (χ0n) is 8.77. The second-order valence-electron chi connectivity index (χ2n) is 3.35. The Balaban J connectivity index is 2.45. The molecule has 16 heavy (non-hydrogen) atoms. The van der Waals surface area contributed by atoms with Crippen LogP contribution in [0.5, 0.6) is 0 Å². The summed E-state index contributed by atoms with van der Waals surface area (Å²) in [5.74, 6) is -0.902. The summed E-state index contributed by atoms with van der Waals surface area (Å²) >= 11 is 4.65. The quantitative estimate of drug-likeness (QED) is 0.909. The molecule has 88 valence electrons. The van der Waals surface area contributed by atoms with E-state index in [2.05, 4.69) is 15.9 Å². The smallest absolute Gasteiger partial charge is 0.303 e. The highest BCUT2D eigenvalue weighted by atomic mass is 79.9. The van der Waals surface area contributed by atoms with E-state index in [1.807, 2.05) is 5.38 Å². The predicted molar refractivity (Wildman–Crippen MR) is 65.8 cm³/mol. The molecule has 0 bridgehead atoms. The molecular formula is C10H12BrNO3S. The maximum Gasteiger partial charge on any atom is 0.303 e. The van der Waals surface area contributed by atoms with Gasteiger partial charge < -0.3 is 10.0 Å². The van der Waals surface area contributed by atoms with Crippen LogP contribution < -0.4 is 0 Å². The molecule has 1 N–H and O–H groups in total. The summed E-state index contributed by atoms with van der Waals surface area (Å²) in [7, 11) is 1.68. The van der Waals surface area contributed by atoms with Crippen LogP contribution in [0.3, 0.4) is 0 Å². The third kappa shape index (κ3) is 3.94. The van der Waals surface area contributed by atoms with E-state index in [4.69, 9.17) is 5.11 Å². The van der Waals surface area contributed by atoms with Gasteiger partial charge in [-0.05, 0) is 28.4 Å². The second kappa shape index (κ2) is 6.00. The SMILES string of the molecule is CN(CCCC(=O)O)C(=O)c1cc(Br)cs1. The number of carbonyl (C=O) groups is 2. The molecule has 1 aromatic heterocycles. The zero-order chi connectivity index (χ0) is 12.1. The number of halogens is 1. The summed E-state index contributed by atoms with van der Waals surface area (Å²) in [5, 5.41) is 10.3. The number of carboxylic acids is 1. The van der Waals surface area contributed by atoms with Crippen LogP contribution in [0.2, 0.25) is 0 Å². The van der Waals surface area contributed by atoms with Gasteiger partial charge in [0.2, 0.25) is 0 Å². The number of carbonyl (C=O) groups excluding carboxylic acids is 1. The first-order valence-corrected chi connectivity index (χ1v) is 6.39. The first kappa shape index (κ1) is 13.2. The van der Waals surface area contributed by atoms with Crippen LogP contribution in [0.25, 0.3) is 0 Å². The highest BCUT2D eigenvalue weighted by Gasteiger charge is 2.13. The number of thiophene rings is 1. The number of carboxylic acid groups (broad SMARTS) is 1. The molecule has 4 nitrogen and oxygen atoms in total. The van der Waals surface area contributed by atoms with Gasteiger partial charge >= 0.3 is 5.97 Å². The van der Waals surface area contributed by atoms with Gasteiger partial charge in [-0.15, -0.1) is 11.3 Å². The molecule has 0 radical (unpaired) electrons. The number of aliphatic carboxylic acids is 1. The molecule has 0 spiro atoms. The lowest BCUT2D eigenvalue weighted by Crippen LogP contribution is -2.27. The van der Waals surface area contributed by atoms with E-state index in [-0.39, 0.29) is 12.3 Å². The van der Waals surface area contributed by atoms with Gasteiger partial charge in [-0.2, -0.15) is 0 Å². The maximum atomic E-state index is 11.8. The van der Waals surface area contributed by atoms with Gasteiger partial charge in [0.15, 0.2) is 0 Å². The van der Waals surface area contributed by atoms with Crippen LogP contribution in [-0.4, -0.2) is 35.5 Å². The van der Waals surface area contributed by atoms with Crippen molar-refractivity contribution in [2.45, 2.75) is 12.8 Å². The Bertz CT molecular complexity index is 391. The molecule has 0 saturated heterocycles. The van der Waals surface area contributed by atoms with Crippen molar-refractivity contribution in [3.05, 3.63) is 20.8 Å². The number of nitrogens with zero attached hydrogens (tertiary/aromatic N) is 1. The second-order valence-corrected chi connectivity index (χ2v) is 5.18. The number of rotatable bonds is 5. The van der Waals surface area contributed by atoms with Crippen LogP contribution in [0, 0.1) is 0 Å². The first-order chi connectivity index (χ1) is 7.50. The van der Waals surface area contributed by atoms with Crippen molar-refractivity contribution in [3.63, 3.8) is 0 Å². The molecule has 0 aliphatic rings. The van der Waals surface area contributed by atoms with E-state index in [1.165, 1.54) is 11.3 Å². The van der Waals surface area contributed by atoms with Crippen molar-refractivity contribution in [1.82, 2.24) is 4.90 Å². The van der Waals surface area contributed by atoms with Crippen molar-refractivity contribution < 1.29 is 14.7 Å². The molecule has 0 aliphatic heterocycles. The Morgan fingerprint density at radius 2 is 2.25 bits per heavy atom. The van der Waals surface area contributed by atoms with Crippen LogP contribution >= 0.6 is 27.3 Å². The van der Waals surface area contributed by atoms with Crippen molar-refractivity contribution in [2.75, 3.05) is 13.6 Å². The highest BCUT2D eigenvalue weighted by Crippen LogP contribution is 2.20. The number of hydrogen-bond acceptors (Lipinski definition) is 3. The Kier molecular flexibility index (Phi) is 4.95. The van der Waals surface area contributed by atoms with Gasteiger partial charge in [0.05, 0.1) is 4.88 Å². The third-order valence-electron chi connectivity index (χ3n) is 2.01. The third-order valence-corrected chi connectivity index (χ3v) is 3.69. The highest BCUT2D eigenvalue weighted by molar-refractivity contribution is 9.10. The Hall–Kier alpha value is -0.880. The van der Waals surface area contributed by atoms with Crippen molar-refractivity contribution >= 4 is 39.1 Å². The number of amides is 1. The zero-order valence-corrected chi connectivity index (χ0v) is 11.2. The summed E-state index contributed by atoms with van der Waals surface area (Å²) in [5.41, 5.74) is 0. The van der Waals surface area contributed by atoms with Crippen LogP contribution in [-0.2, 0) is 4.79 Å². The monoisotopic (exact) mass is 305 g/mol. The van der Waals surface area contributed by atoms with Gasteiger partial charge in [0.1, 0.15) is 0 Å². The molecular weight excluding hydrogens is 294 g/mol. The van der Waals surface area contributed by atoms with Gasteiger partial charge in [0.25, 0.3) is 5.91 Å². The fraction of sp³-hybridized carbons (Fsp3) is 0.400. The standard InChI is InChI=1S/C10H12BrNO3S/c1-12(4-2-3-9(13)14)10(15)8-5-7(11)6-16-8/h5-6H,2-4H2,1H3,(H,13,14). The lowest BCUT2D eigenvalue weighted by atomic mass is 10.3. The molecule has 0 aliphatic carbocycles. The van der Waals surface area contributed by atoms with Crippen molar-refractivity contribution in [2.24, 2.45) is 0 Å². The molecule has 1 heterocycles. The molecule has 0 fully saturated rings. The van der Waals surface area contributed by atoms with E-state index < -0.39 is 5.97 Å². The normalized spacial score (nSPS) is 10.1. The average molecular weight is 306 g/mol. The van der Waals surface area contributed by atoms with Crippen LogP contribution in [0.1, 0.15) is 22.5 Å². The van der Waals surface area contributed by atoms with Crippen LogP contribution in [0.4, 0.5) is 0 Å². The lowest BCUT2D eigenvalue weighted by molar-refractivity contribution is -0.137. The molecule has 1 aromatic rings. The molecule has 0 aromatic carbocycles. The minimum absolute atomic E-state index is 0.0684. The lowest BCUT2D eigenvalue weighted by Gasteiger charge is -2.15. The van der Waals surface area contributed by atoms with Crippen molar-refractivity contribution in [3.8, 4) is 0 Å². The maximum absolute atomic E-state index is 11.8. The van der Waals surface area contributed by atoms with E-state index >= 15 is 0 Å². The molecule has 1 rings (SSSR count). The van der Waals surface area contributed by atoms with Gasteiger partial charge in [-0.1, -0.05) is 0 Å². The number of hydrogen-bond donors (Lipinski definition) is 1. The molecule has 1 amide bonds. The summed E-state index contributed by atoms with van der Waals surface area (Å²) in [6.45, 7) is 0.459.